The van der Waals surface area contributed by atoms with Crippen LogP contribution in [0.5, 0.6) is 0 Å². The van der Waals surface area contributed by atoms with Crippen LogP contribution in [0.4, 0.5) is 0 Å². The molecule has 0 spiro atoms. The standard InChI is InChI=1S/C15H32N2/c1-6-12(4)15(17)11-9-10-13(5,16)14(15,7-2)8-3/h12H,6-11,16-17H2,1-5H3. The lowest BCUT2D eigenvalue weighted by molar-refractivity contribution is -0.0521. The summed E-state index contributed by atoms with van der Waals surface area (Å²) in [7, 11) is 0. The maximum absolute atomic E-state index is 6.91. The topological polar surface area (TPSA) is 52.0 Å². The summed E-state index contributed by atoms with van der Waals surface area (Å²) in [5.41, 5.74) is 13.5. The third kappa shape index (κ3) is 1.94. The van der Waals surface area contributed by atoms with E-state index in [-0.39, 0.29) is 16.5 Å². The normalized spacial score (nSPS) is 39.0. The Morgan fingerprint density at radius 2 is 1.59 bits per heavy atom. The average Bonchev–Trinajstić information content (AvgIpc) is 2.28. The highest BCUT2D eigenvalue weighted by atomic mass is 14.9. The fourth-order valence-corrected chi connectivity index (χ4v) is 4.56. The van der Waals surface area contributed by atoms with Crippen LogP contribution in [0.1, 0.15) is 73.1 Å². The second-order valence-corrected chi connectivity index (χ2v) is 6.41. The molecule has 0 aromatic carbocycles. The number of nitrogens with two attached hydrogens (primary N) is 2. The van der Waals surface area contributed by atoms with Gasteiger partial charge < -0.3 is 11.5 Å². The molecule has 4 N–H and O–H groups in total. The predicted molar refractivity (Wildman–Crippen MR) is 75.8 cm³/mol. The Hall–Kier alpha value is -0.0800. The maximum atomic E-state index is 6.91. The zero-order valence-corrected chi connectivity index (χ0v) is 12.5. The first-order chi connectivity index (χ1) is 7.81. The molecule has 1 fully saturated rings. The fourth-order valence-electron chi connectivity index (χ4n) is 4.56. The molecule has 1 rings (SSSR count). The van der Waals surface area contributed by atoms with Crippen LogP contribution in [0.2, 0.25) is 0 Å². The third-order valence-electron chi connectivity index (χ3n) is 5.97. The van der Waals surface area contributed by atoms with Gasteiger partial charge in [0.1, 0.15) is 0 Å². The Morgan fingerprint density at radius 3 is 2.00 bits per heavy atom. The van der Waals surface area contributed by atoms with Crippen LogP contribution in [0.3, 0.4) is 0 Å². The largest absolute Gasteiger partial charge is 0.325 e. The third-order valence-corrected chi connectivity index (χ3v) is 5.97. The molecule has 0 aliphatic heterocycles. The van der Waals surface area contributed by atoms with Crippen LogP contribution in [0.25, 0.3) is 0 Å². The van der Waals surface area contributed by atoms with Crippen molar-refractivity contribution in [1.82, 2.24) is 0 Å². The van der Waals surface area contributed by atoms with Crippen molar-refractivity contribution in [2.75, 3.05) is 0 Å². The van der Waals surface area contributed by atoms with E-state index in [0.29, 0.717) is 5.92 Å². The van der Waals surface area contributed by atoms with E-state index in [9.17, 15) is 0 Å². The summed E-state index contributed by atoms with van der Waals surface area (Å²) in [6.45, 7) is 11.3. The molecule has 1 saturated carbocycles. The Kier molecular flexibility index (Phi) is 4.31. The van der Waals surface area contributed by atoms with Crippen molar-refractivity contribution in [1.29, 1.82) is 0 Å². The Balaban J connectivity index is 3.26. The zero-order chi connectivity index (χ0) is 13.3. The number of rotatable bonds is 4. The van der Waals surface area contributed by atoms with Gasteiger partial charge in [-0.1, -0.05) is 34.1 Å². The molecular formula is C15H32N2. The van der Waals surface area contributed by atoms with E-state index >= 15 is 0 Å². The van der Waals surface area contributed by atoms with Crippen LogP contribution >= 0.6 is 0 Å². The highest BCUT2D eigenvalue weighted by Gasteiger charge is 2.59. The van der Waals surface area contributed by atoms with Crippen molar-refractivity contribution in [3.63, 3.8) is 0 Å². The Labute approximate surface area is 108 Å². The van der Waals surface area contributed by atoms with Gasteiger partial charge in [-0.2, -0.15) is 0 Å². The van der Waals surface area contributed by atoms with E-state index in [1.807, 2.05) is 0 Å². The molecule has 2 nitrogen and oxygen atoms in total. The second kappa shape index (κ2) is 4.89. The summed E-state index contributed by atoms with van der Waals surface area (Å²) in [4.78, 5) is 0. The van der Waals surface area contributed by atoms with Gasteiger partial charge in [0.15, 0.2) is 0 Å². The SMILES string of the molecule is CCC(C)C1(N)CCCC(C)(N)C1(CC)CC. The molecule has 0 radical (unpaired) electrons. The minimum absolute atomic E-state index is 0.0903. The lowest BCUT2D eigenvalue weighted by Gasteiger charge is -2.62. The molecule has 0 aromatic rings. The van der Waals surface area contributed by atoms with Gasteiger partial charge in [-0.25, -0.2) is 0 Å². The number of hydrogen-bond donors (Lipinski definition) is 2. The van der Waals surface area contributed by atoms with Crippen molar-refractivity contribution in [2.24, 2.45) is 22.8 Å². The molecule has 17 heavy (non-hydrogen) atoms. The van der Waals surface area contributed by atoms with Crippen molar-refractivity contribution < 1.29 is 0 Å². The monoisotopic (exact) mass is 240 g/mol. The molecule has 1 aliphatic carbocycles. The van der Waals surface area contributed by atoms with Gasteiger partial charge in [0.25, 0.3) is 0 Å². The summed E-state index contributed by atoms with van der Waals surface area (Å²) in [6.07, 6.45) is 6.76. The van der Waals surface area contributed by atoms with Crippen molar-refractivity contribution in [2.45, 2.75) is 84.2 Å². The quantitative estimate of drug-likeness (QED) is 0.791. The molecule has 3 unspecified atom stereocenters. The summed E-state index contributed by atoms with van der Waals surface area (Å²) in [6, 6.07) is 0. The molecule has 2 heteroatoms. The van der Waals surface area contributed by atoms with Crippen LogP contribution in [-0.2, 0) is 0 Å². The van der Waals surface area contributed by atoms with E-state index < -0.39 is 0 Å². The molecule has 1 aliphatic rings. The summed E-state index contributed by atoms with van der Waals surface area (Å²) in [5, 5.41) is 0. The van der Waals surface area contributed by atoms with Gasteiger partial charge in [0.05, 0.1) is 0 Å². The van der Waals surface area contributed by atoms with E-state index in [1.54, 1.807) is 0 Å². The molecule has 0 aromatic heterocycles. The summed E-state index contributed by atoms with van der Waals surface area (Å²) in [5.74, 6) is 0.547. The summed E-state index contributed by atoms with van der Waals surface area (Å²) >= 11 is 0. The van der Waals surface area contributed by atoms with Crippen LogP contribution in [0, 0.1) is 11.3 Å². The average molecular weight is 240 g/mol. The van der Waals surface area contributed by atoms with Gasteiger partial charge in [-0.05, 0) is 44.9 Å². The highest BCUT2D eigenvalue weighted by molar-refractivity contribution is 5.16. The van der Waals surface area contributed by atoms with Crippen LogP contribution in [-0.4, -0.2) is 11.1 Å². The van der Waals surface area contributed by atoms with E-state index in [1.165, 1.54) is 6.42 Å². The second-order valence-electron chi connectivity index (χ2n) is 6.41. The van der Waals surface area contributed by atoms with Crippen LogP contribution < -0.4 is 11.5 Å². The molecule has 102 valence electrons. The minimum Gasteiger partial charge on any atom is -0.325 e. The minimum atomic E-state index is -0.118. The van der Waals surface area contributed by atoms with Gasteiger partial charge in [-0.15, -0.1) is 0 Å². The number of hydrogen-bond acceptors (Lipinski definition) is 2. The van der Waals surface area contributed by atoms with E-state index in [0.717, 1.165) is 32.1 Å². The van der Waals surface area contributed by atoms with Crippen molar-refractivity contribution >= 4 is 0 Å². The molecule has 0 amide bonds. The smallest absolute Gasteiger partial charge is 0.0254 e. The lowest BCUT2D eigenvalue weighted by atomic mass is 9.47. The molecule has 3 atom stereocenters. The van der Waals surface area contributed by atoms with Crippen LogP contribution in [0.15, 0.2) is 0 Å². The molecule has 0 heterocycles. The Bertz CT molecular complexity index is 256. The Morgan fingerprint density at radius 1 is 1.06 bits per heavy atom. The molecule has 0 bridgehead atoms. The first-order valence-electron chi connectivity index (χ1n) is 7.39. The zero-order valence-electron chi connectivity index (χ0n) is 12.5. The van der Waals surface area contributed by atoms with Gasteiger partial charge in [0.2, 0.25) is 0 Å². The molecular weight excluding hydrogens is 208 g/mol. The van der Waals surface area contributed by atoms with Crippen molar-refractivity contribution in [3.8, 4) is 0 Å². The van der Waals surface area contributed by atoms with Gasteiger partial charge in [0, 0.05) is 16.5 Å². The lowest BCUT2D eigenvalue weighted by Crippen LogP contribution is -2.72. The fraction of sp³-hybridized carbons (Fsp3) is 1.00. The van der Waals surface area contributed by atoms with E-state index in [4.69, 9.17) is 11.5 Å². The summed E-state index contributed by atoms with van der Waals surface area (Å²) < 4.78 is 0. The first kappa shape index (κ1) is 15.0. The highest BCUT2D eigenvalue weighted by Crippen LogP contribution is 2.55. The molecule has 0 saturated heterocycles. The predicted octanol–water partition coefficient (Wildman–Crippen LogP) is 3.44. The van der Waals surface area contributed by atoms with Crippen molar-refractivity contribution in [3.05, 3.63) is 0 Å². The van der Waals surface area contributed by atoms with E-state index in [2.05, 4.69) is 34.6 Å². The maximum Gasteiger partial charge on any atom is 0.0254 e. The first-order valence-corrected chi connectivity index (χ1v) is 7.39. The van der Waals surface area contributed by atoms with Gasteiger partial charge in [-0.3, -0.25) is 0 Å². The van der Waals surface area contributed by atoms with Gasteiger partial charge >= 0.3 is 0 Å².